The number of anilines is 1. The minimum atomic E-state index is -0.0163. The van der Waals surface area contributed by atoms with Crippen LogP contribution in [0.1, 0.15) is 38.5 Å². The van der Waals surface area contributed by atoms with Crippen LogP contribution in [-0.2, 0) is 9.59 Å². The van der Waals surface area contributed by atoms with Gasteiger partial charge in [-0.1, -0.05) is 30.3 Å². The lowest BCUT2D eigenvalue weighted by Gasteiger charge is -2.34. The van der Waals surface area contributed by atoms with E-state index in [9.17, 15) is 9.59 Å². The van der Waals surface area contributed by atoms with Crippen LogP contribution >= 0.6 is 0 Å². The van der Waals surface area contributed by atoms with Crippen molar-refractivity contribution in [2.75, 3.05) is 5.32 Å². The zero-order valence-electron chi connectivity index (χ0n) is 16.0. The molecule has 1 saturated carbocycles. The molecule has 0 bridgehead atoms. The number of hydrogen-bond acceptors (Lipinski definition) is 6. The second-order valence-electron chi connectivity index (χ2n) is 7.67. The Morgan fingerprint density at radius 1 is 0.966 bits per heavy atom. The summed E-state index contributed by atoms with van der Waals surface area (Å²) in [4.78, 5) is 34.4. The summed E-state index contributed by atoms with van der Waals surface area (Å²) < 4.78 is 1.71. The quantitative estimate of drug-likeness (QED) is 0.689. The summed E-state index contributed by atoms with van der Waals surface area (Å²) in [5, 5.41) is 7.89. The topological polar surface area (TPSA) is 92.5 Å². The van der Waals surface area contributed by atoms with Crippen LogP contribution < -0.4 is 5.32 Å². The van der Waals surface area contributed by atoms with Gasteiger partial charge in [-0.3, -0.25) is 14.5 Å². The molecule has 1 aliphatic heterocycles. The van der Waals surface area contributed by atoms with Gasteiger partial charge in [-0.05, 0) is 25.7 Å². The van der Waals surface area contributed by atoms with Crippen LogP contribution in [0.5, 0.6) is 0 Å². The molecule has 0 radical (unpaired) electrons. The Balaban J connectivity index is 1.34. The van der Waals surface area contributed by atoms with Crippen molar-refractivity contribution in [1.29, 1.82) is 0 Å². The highest BCUT2D eigenvalue weighted by atomic mass is 16.2. The molecule has 1 saturated heterocycles. The van der Waals surface area contributed by atoms with Gasteiger partial charge >= 0.3 is 0 Å². The molecule has 29 heavy (non-hydrogen) atoms. The summed E-state index contributed by atoms with van der Waals surface area (Å²) in [7, 11) is 0. The second-order valence-corrected chi connectivity index (χ2v) is 7.67. The van der Waals surface area contributed by atoms with Gasteiger partial charge in [0, 0.05) is 36.6 Å². The van der Waals surface area contributed by atoms with Crippen molar-refractivity contribution in [3.05, 3.63) is 42.7 Å². The fraction of sp³-hybridized carbons (Fsp3) is 0.381. The number of imide groups is 1. The molecule has 1 aliphatic carbocycles. The maximum absolute atomic E-state index is 12.0. The molecule has 2 fully saturated rings. The normalized spacial score (nSPS) is 22.4. The van der Waals surface area contributed by atoms with Crippen LogP contribution in [0, 0.1) is 0 Å². The third-order valence-electron chi connectivity index (χ3n) is 5.83. The highest BCUT2D eigenvalue weighted by molar-refractivity contribution is 6.02. The minimum absolute atomic E-state index is 0.0163. The van der Waals surface area contributed by atoms with E-state index in [0.29, 0.717) is 18.6 Å². The number of hydrogen-bond donors (Lipinski definition) is 1. The van der Waals surface area contributed by atoms with Crippen LogP contribution in [0.4, 0.5) is 5.82 Å². The largest absolute Gasteiger partial charge is 0.367 e. The molecule has 3 aromatic rings. The molecule has 2 aromatic heterocycles. The first-order valence-electron chi connectivity index (χ1n) is 10.1. The highest BCUT2D eigenvalue weighted by Crippen LogP contribution is 2.30. The van der Waals surface area contributed by atoms with Crippen LogP contribution in [0.3, 0.4) is 0 Å². The summed E-state index contributed by atoms with van der Waals surface area (Å²) in [5.41, 5.74) is 1.87. The van der Waals surface area contributed by atoms with E-state index in [0.717, 1.165) is 42.8 Å². The van der Waals surface area contributed by atoms with Crippen molar-refractivity contribution in [2.45, 2.75) is 50.6 Å². The molecule has 1 aromatic carbocycles. The lowest BCUT2D eigenvalue weighted by atomic mass is 9.90. The Hall–Kier alpha value is -3.29. The molecule has 5 rings (SSSR count). The highest BCUT2D eigenvalue weighted by Gasteiger charge is 2.36. The standard InChI is InChI=1S/C21H22N6O2/c28-19-10-11-20(29)26(19)16-8-6-15(7-9-16)24-18-12-17(14-4-2-1-3-5-14)25-21-22-13-23-27(18)21/h1-5,12-13,15-16,24H,6-11H2. The predicted octanol–water partition coefficient (Wildman–Crippen LogP) is 2.66. The Kier molecular flexibility index (Phi) is 4.46. The lowest BCUT2D eigenvalue weighted by molar-refractivity contribution is -0.141. The Morgan fingerprint density at radius 3 is 2.41 bits per heavy atom. The summed E-state index contributed by atoms with van der Waals surface area (Å²) >= 11 is 0. The minimum Gasteiger partial charge on any atom is -0.367 e. The van der Waals surface area contributed by atoms with Crippen LogP contribution in [0.25, 0.3) is 17.0 Å². The lowest BCUT2D eigenvalue weighted by Crippen LogP contribution is -2.43. The van der Waals surface area contributed by atoms with Crippen molar-refractivity contribution in [2.24, 2.45) is 0 Å². The van der Waals surface area contributed by atoms with E-state index in [2.05, 4.69) is 20.4 Å². The number of amides is 2. The molecule has 0 unspecified atom stereocenters. The molecule has 3 heterocycles. The average molecular weight is 390 g/mol. The number of nitrogens with one attached hydrogen (secondary N) is 1. The molecule has 0 atom stereocenters. The van der Waals surface area contributed by atoms with Crippen LogP contribution in [0.2, 0.25) is 0 Å². The summed E-state index contributed by atoms with van der Waals surface area (Å²) in [5.74, 6) is 1.37. The van der Waals surface area contributed by atoms with Crippen molar-refractivity contribution >= 4 is 23.4 Å². The number of rotatable bonds is 4. The second kappa shape index (κ2) is 7.27. The molecule has 1 N–H and O–H groups in total. The van der Waals surface area contributed by atoms with Gasteiger partial charge in [-0.25, -0.2) is 4.98 Å². The van der Waals surface area contributed by atoms with Gasteiger partial charge in [0.05, 0.1) is 5.69 Å². The van der Waals surface area contributed by atoms with Gasteiger partial charge in [-0.15, -0.1) is 0 Å². The molecule has 148 valence electrons. The SMILES string of the molecule is O=C1CCC(=O)N1C1CCC(Nc2cc(-c3ccccc3)nc3ncnn23)CC1. The van der Waals surface area contributed by atoms with Gasteiger partial charge in [0.2, 0.25) is 11.8 Å². The number of benzene rings is 1. The molecule has 8 nitrogen and oxygen atoms in total. The van der Waals surface area contributed by atoms with E-state index in [-0.39, 0.29) is 23.9 Å². The molecule has 0 spiro atoms. The first-order valence-corrected chi connectivity index (χ1v) is 10.1. The van der Waals surface area contributed by atoms with E-state index in [1.807, 2.05) is 36.4 Å². The van der Waals surface area contributed by atoms with Crippen LogP contribution in [0.15, 0.2) is 42.7 Å². The number of likely N-dealkylation sites (tertiary alicyclic amines) is 1. The third-order valence-corrected chi connectivity index (χ3v) is 5.83. The average Bonchev–Trinajstić information content (AvgIpc) is 3.36. The van der Waals surface area contributed by atoms with Gasteiger partial charge in [0.1, 0.15) is 12.1 Å². The molecule has 2 amide bonds. The monoisotopic (exact) mass is 390 g/mol. The summed E-state index contributed by atoms with van der Waals surface area (Å²) in [6.45, 7) is 0. The maximum Gasteiger partial charge on any atom is 0.254 e. The van der Waals surface area contributed by atoms with Gasteiger partial charge in [-0.2, -0.15) is 14.6 Å². The third kappa shape index (κ3) is 3.35. The molecular formula is C21H22N6O2. The number of aromatic nitrogens is 4. The number of nitrogens with zero attached hydrogens (tertiary/aromatic N) is 5. The molecule has 2 aliphatic rings. The maximum atomic E-state index is 12.0. The fourth-order valence-corrected chi connectivity index (χ4v) is 4.36. The van der Waals surface area contributed by atoms with Crippen molar-refractivity contribution in [1.82, 2.24) is 24.5 Å². The molecular weight excluding hydrogens is 368 g/mol. The van der Waals surface area contributed by atoms with Crippen molar-refractivity contribution < 1.29 is 9.59 Å². The molecule has 8 heteroatoms. The van der Waals surface area contributed by atoms with E-state index in [4.69, 9.17) is 0 Å². The first kappa shape index (κ1) is 17.8. The fourth-order valence-electron chi connectivity index (χ4n) is 4.36. The zero-order valence-corrected chi connectivity index (χ0v) is 16.0. The zero-order chi connectivity index (χ0) is 19.8. The van der Waals surface area contributed by atoms with Crippen molar-refractivity contribution in [3.63, 3.8) is 0 Å². The van der Waals surface area contributed by atoms with Gasteiger partial charge in [0.15, 0.2) is 0 Å². The Morgan fingerprint density at radius 2 is 1.69 bits per heavy atom. The van der Waals surface area contributed by atoms with Gasteiger partial charge < -0.3 is 5.32 Å². The number of carbonyl (C=O) groups is 2. The Bertz CT molecular complexity index is 1040. The first-order chi connectivity index (χ1) is 14.2. The number of fused-ring (bicyclic) bond motifs is 1. The number of carbonyl (C=O) groups excluding carboxylic acids is 2. The van der Waals surface area contributed by atoms with E-state index >= 15 is 0 Å². The predicted molar refractivity (Wildman–Crippen MR) is 107 cm³/mol. The summed E-state index contributed by atoms with van der Waals surface area (Å²) in [6, 6.07) is 12.3. The van der Waals surface area contributed by atoms with Crippen LogP contribution in [-0.4, -0.2) is 48.4 Å². The smallest absolute Gasteiger partial charge is 0.254 e. The Labute approximate surface area is 168 Å². The van der Waals surface area contributed by atoms with E-state index in [1.54, 1.807) is 4.52 Å². The summed E-state index contributed by atoms with van der Waals surface area (Å²) in [6.07, 6.45) is 5.66. The van der Waals surface area contributed by atoms with Gasteiger partial charge in [0.25, 0.3) is 5.78 Å². The van der Waals surface area contributed by atoms with E-state index < -0.39 is 0 Å². The van der Waals surface area contributed by atoms with Crippen molar-refractivity contribution in [3.8, 4) is 11.3 Å². The van der Waals surface area contributed by atoms with E-state index in [1.165, 1.54) is 11.2 Å².